The van der Waals surface area contributed by atoms with E-state index in [4.69, 9.17) is 9.47 Å². The number of hydrogen-bond acceptors (Lipinski definition) is 4. The predicted octanol–water partition coefficient (Wildman–Crippen LogP) is 3.17. The molecule has 5 nitrogen and oxygen atoms in total. The number of anilines is 1. The Morgan fingerprint density at radius 1 is 1.28 bits per heavy atom. The van der Waals surface area contributed by atoms with Crippen molar-refractivity contribution in [3.63, 3.8) is 0 Å². The quantitative estimate of drug-likeness (QED) is 0.344. The van der Waals surface area contributed by atoms with Crippen molar-refractivity contribution in [2.24, 2.45) is 0 Å². The van der Waals surface area contributed by atoms with Crippen LogP contribution in [-0.4, -0.2) is 24.7 Å². The van der Waals surface area contributed by atoms with Crippen LogP contribution >= 0.6 is 0 Å². The summed E-state index contributed by atoms with van der Waals surface area (Å²) >= 11 is 0. The van der Waals surface area contributed by atoms with Gasteiger partial charge in [-0.2, -0.15) is 0 Å². The van der Waals surface area contributed by atoms with E-state index in [1.807, 2.05) is 32.0 Å². The second-order valence-corrected chi connectivity index (χ2v) is 6.80. The molecule has 2 aromatic carbocycles. The zero-order valence-electron chi connectivity index (χ0n) is 14.0. The van der Waals surface area contributed by atoms with Gasteiger partial charge in [0.1, 0.15) is 0 Å². The molecule has 6 heteroatoms. The van der Waals surface area contributed by atoms with Crippen molar-refractivity contribution in [3.8, 4) is 11.5 Å². The summed E-state index contributed by atoms with van der Waals surface area (Å²) in [5, 5.41) is 2.87. The third-order valence-electron chi connectivity index (χ3n) is 5.04. The van der Waals surface area contributed by atoms with Crippen LogP contribution in [0.15, 0.2) is 24.4 Å². The van der Waals surface area contributed by atoms with Crippen LogP contribution in [0.25, 0.3) is 21.7 Å². The Labute approximate surface area is 158 Å². The van der Waals surface area contributed by atoms with Crippen molar-refractivity contribution in [3.05, 3.63) is 36.0 Å². The first-order chi connectivity index (χ1) is 11.5. The van der Waals surface area contributed by atoms with Crippen LogP contribution in [0.3, 0.4) is 0 Å². The summed E-state index contributed by atoms with van der Waals surface area (Å²) in [7, 11) is 1.80. The molecule has 0 unspecified atom stereocenters. The van der Waals surface area contributed by atoms with Gasteiger partial charge >= 0.3 is 0 Å². The summed E-state index contributed by atoms with van der Waals surface area (Å²) in [5.41, 5.74) is 2.15. The van der Waals surface area contributed by atoms with E-state index in [9.17, 15) is 4.79 Å². The van der Waals surface area contributed by atoms with Gasteiger partial charge in [0.05, 0.1) is 22.6 Å². The maximum Gasteiger partial charge on any atom is 0.236 e. The molecule has 25 heavy (non-hydrogen) atoms. The topological polar surface area (TPSA) is 51.7 Å². The maximum absolute atomic E-state index is 12.6. The Balaban J connectivity index is 0.00000157. The molecular weight excluding hydrogens is 496 g/mol. The first-order valence-corrected chi connectivity index (χ1v) is 7.84. The minimum atomic E-state index is -0.574. The number of hydrogen-bond donors (Lipinski definition) is 0. The largest absolute Gasteiger partial charge is 0.500 e. The zero-order chi connectivity index (χ0) is 16.6. The van der Waals surface area contributed by atoms with Gasteiger partial charge < -0.3 is 19.4 Å². The SMILES string of the molecule is CN1C(=O)C(C)(C)c2c1cnc1c2ccc2cc3c([c-]c21)OCO3.[Ir]. The summed E-state index contributed by atoms with van der Waals surface area (Å²) in [6.07, 6.45) is 1.78. The molecule has 0 saturated heterocycles. The fourth-order valence-corrected chi connectivity index (χ4v) is 3.82. The Bertz CT molecular complexity index is 1060. The average molecular weight is 512 g/mol. The molecule has 0 spiro atoms. The fourth-order valence-electron chi connectivity index (χ4n) is 3.82. The molecule has 0 atom stereocenters. The predicted molar refractivity (Wildman–Crippen MR) is 90.6 cm³/mol. The molecule has 1 amide bonds. The summed E-state index contributed by atoms with van der Waals surface area (Å²) in [4.78, 5) is 18.9. The Morgan fingerprint density at radius 3 is 2.88 bits per heavy atom. The number of likely N-dealkylation sites (N-methyl/N-ethyl adjacent to an activating group) is 1. The van der Waals surface area contributed by atoms with Crippen molar-refractivity contribution in [2.75, 3.05) is 18.7 Å². The second kappa shape index (κ2) is 5.16. The van der Waals surface area contributed by atoms with Gasteiger partial charge in [-0.15, -0.1) is 10.8 Å². The van der Waals surface area contributed by atoms with Crippen molar-refractivity contribution in [2.45, 2.75) is 19.3 Å². The van der Waals surface area contributed by atoms with Crippen molar-refractivity contribution in [1.29, 1.82) is 0 Å². The van der Waals surface area contributed by atoms with Gasteiger partial charge in [-0.25, -0.2) is 0 Å². The monoisotopic (exact) mass is 512 g/mol. The van der Waals surface area contributed by atoms with E-state index in [1.165, 1.54) is 0 Å². The number of fused-ring (bicyclic) bond motifs is 6. The van der Waals surface area contributed by atoms with Crippen LogP contribution in [0.1, 0.15) is 19.4 Å². The number of carbonyl (C=O) groups excluding carboxylic acids is 1. The number of pyridine rings is 1. The summed E-state index contributed by atoms with van der Waals surface area (Å²) < 4.78 is 10.9. The summed E-state index contributed by atoms with van der Waals surface area (Å²) in [6.45, 7) is 4.14. The molecule has 0 saturated carbocycles. The van der Waals surface area contributed by atoms with E-state index in [-0.39, 0.29) is 32.8 Å². The Kier molecular flexibility index (Phi) is 3.37. The Morgan fingerprint density at radius 2 is 2.08 bits per heavy atom. The number of nitrogens with zero attached hydrogens (tertiary/aromatic N) is 2. The molecule has 0 fully saturated rings. The summed E-state index contributed by atoms with van der Waals surface area (Å²) in [5.74, 6) is 1.41. The molecule has 2 aliphatic heterocycles. The number of ether oxygens (including phenoxy) is 2. The molecule has 0 aliphatic carbocycles. The molecule has 1 aromatic heterocycles. The van der Waals surface area contributed by atoms with Gasteiger partial charge in [-0.1, -0.05) is 24.3 Å². The molecule has 2 aliphatic rings. The normalized spacial score (nSPS) is 17.1. The van der Waals surface area contributed by atoms with Crippen LogP contribution in [0, 0.1) is 6.07 Å². The average Bonchev–Trinajstić information content (AvgIpc) is 3.10. The van der Waals surface area contributed by atoms with Gasteiger partial charge in [0, 0.05) is 33.3 Å². The van der Waals surface area contributed by atoms with Gasteiger partial charge in [-0.05, 0) is 30.3 Å². The van der Waals surface area contributed by atoms with E-state index in [2.05, 4.69) is 11.1 Å². The number of rotatable bonds is 0. The molecule has 0 N–H and O–H groups in total. The van der Waals surface area contributed by atoms with E-state index in [0.29, 0.717) is 11.5 Å². The minimum Gasteiger partial charge on any atom is -0.500 e. The number of aromatic nitrogens is 1. The molecular formula is C19H15IrN2O3-. The van der Waals surface area contributed by atoms with Gasteiger partial charge in [0.25, 0.3) is 0 Å². The third-order valence-corrected chi connectivity index (χ3v) is 5.04. The number of carbonyl (C=O) groups is 1. The molecule has 5 rings (SSSR count). The van der Waals surface area contributed by atoms with Crippen LogP contribution in [-0.2, 0) is 30.3 Å². The van der Waals surface area contributed by atoms with Crippen molar-refractivity contribution in [1.82, 2.24) is 4.98 Å². The summed E-state index contributed by atoms with van der Waals surface area (Å²) in [6, 6.07) is 9.29. The van der Waals surface area contributed by atoms with Crippen LogP contribution < -0.4 is 14.4 Å². The molecule has 3 heterocycles. The number of benzene rings is 2. The third kappa shape index (κ3) is 1.98. The van der Waals surface area contributed by atoms with Crippen molar-refractivity contribution < 1.29 is 34.4 Å². The van der Waals surface area contributed by atoms with E-state index in [0.717, 1.165) is 32.9 Å². The van der Waals surface area contributed by atoms with E-state index in [1.54, 1.807) is 18.1 Å². The molecule has 1 radical (unpaired) electrons. The minimum absolute atomic E-state index is 0. The Hall–Kier alpha value is -2.17. The zero-order valence-corrected chi connectivity index (χ0v) is 16.4. The molecule has 0 bridgehead atoms. The van der Waals surface area contributed by atoms with Crippen LogP contribution in [0.2, 0.25) is 0 Å². The van der Waals surface area contributed by atoms with Crippen LogP contribution in [0.5, 0.6) is 11.5 Å². The van der Waals surface area contributed by atoms with Crippen molar-refractivity contribution >= 4 is 33.3 Å². The van der Waals surface area contributed by atoms with Gasteiger partial charge in [0.2, 0.25) is 12.7 Å². The molecule has 3 aromatic rings. The first-order valence-electron chi connectivity index (χ1n) is 7.84. The van der Waals surface area contributed by atoms with Gasteiger partial charge in [0.15, 0.2) is 0 Å². The first kappa shape index (κ1) is 16.3. The fraction of sp³-hybridized carbons (Fsp3) is 0.263. The van der Waals surface area contributed by atoms with E-state index < -0.39 is 5.41 Å². The smallest absolute Gasteiger partial charge is 0.236 e. The molecule has 129 valence electrons. The standard InChI is InChI=1S/C19H15N2O3.Ir/c1-19(2)16-11-5-4-10-6-14-15(24-9-23-14)7-12(10)17(11)20-8-13(16)21(3)18(19)22;/h4-6,8H,9H2,1-3H3;/q-1;. The maximum atomic E-state index is 12.6. The number of amides is 1. The van der Waals surface area contributed by atoms with E-state index >= 15 is 0 Å². The van der Waals surface area contributed by atoms with Crippen LogP contribution in [0.4, 0.5) is 5.69 Å². The second-order valence-electron chi connectivity index (χ2n) is 6.80. The van der Waals surface area contributed by atoms with Gasteiger partial charge in [-0.3, -0.25) is 4.79 Å².